The lowest BCUT2D eigenvalue weighted by Crippen LogP contribution is -2.45. The Labute approximate surface area is 135 Å². The Morgan fingerprint density at radius 3 is 2.83 bits per heavy atom. The van der Waals surface area contributed by atoms with Crippen LogP contribution in [0, 0.1) is 0 Å². The second kappa shape index (κ2) is 6.20. The number of sulfonamides is 1. The van der Waals surface area contributed by atoms with Crippen molar-refractivity contribution in [1.82, 2.24) is 4.90 Å². The fourth-order valence-corrected chi connectivity index (χ4v) is 3.83. The molecule has 7 nitrogen and oxygen atoms in total. The first-order valence-electron chi connectivity index (χ1n) is 7.71. The van der Waals surface area contributed by atoms with Crippen molar-refractivity contribution in [3.05, 3.63) is 23.8 Å². The third kappa shape index (κ3) is 3.55. The predicted molar refractivity (Wildman–Crippen MR) is 85.6 cm³/mol. The number of aliphatic hydroxyl groups excluding tert-OH is 1. The molecule has 2 aliphatic rings. The molecule has 23 heavy (non-hydrogen) atoms. The number of anilines is 1. The van der Waals surface area contributed by atoms with Crippen molar-refractivity contribution >= 4 is 21.6 Å². The molecule has 8 heteroatoms. The van der Waals surface area contributed by atoms with E-state index in [4.69, 9.17) is 5.14 Å². The van der Waals surface area contributed by atoms with Crippen LogP contribution >= 0.6 is 0 Å². The Hall–Kier alpha value is -1.48. The number of aliphatic hydroxyl groups is 1. The smallest absolute Gasteiger partial charge is 0.241 e. The van der Waals surface area contributed by atoms with Crippen LogP contribution < -0.4 is 10.0 Å². The van der Waals surface area contributed by atoms with Crippen LogP contribution in [0.2, 0.25) is 0 Å². The van der Waals surface area contributed by atoms with E-state index >= 15 is 0 Å². The number of piperidine rings is 1. The second-order valence-electron chi connectivity index (χ2n) is 6.16. The van der Waals surface area contributed by atoms with Crippen LogP contribution in [0.4, 0.5) is 5.69 Å². The lowest BCUT2D eigenvalue weighted by molar-refractivity contribution is -0.120. The summed E-state index contributed by atoms with van der Waals surface area (Å²) in [6.45, 7) is 2.15. The van der Waals surface area contributed by atoms with Crippen LogP contribution in [-0.4, -0.2) is 56.6 Å². The molecule has 0 aromatic heterocycles. The van der Waals surface area contributed by atoms with Gasteiger partial charge in [-0.2, -0.15) is 0 Å². The number of nitrogens with zero attached hydrogens (tertiary/aromatic N) is 2. The van der Waals surface area contributed by atoms with E-state index in [0.29, 0.717) is 19.5 Å². The Balaban J connectivity index is 1.73. The second-order valence-corrected chi connectivity index (χ2v) is 7.72. The van der Waals surface area contributed by atoms with E-state index in [9.17, 15) is 18.3 Å². The number of hydrogen-bond acceptors (Lipinski definition) is 5. The highest BCUT2D eigenvalue weighted by molar-refractivity contribution is 7.89. The Morgan fingerprint density at radius 2 is 2.13 bits per heavy atom. The maximum atomic E-state index is 12.5. The number of carbonyl (C=O) groups is 1. The van der Waals surface area contributed by atoms with Crippen LogP contribution in [-0.2, 0) is 21.2 Å². The number of nitrogens with two attached hydrogens (primary N) is 1. The van der Waals surface area contributed by atoms with Crippen LogP contribution in [0.25, 0.3) is 0 Å². The molecule has 1 aromatic carbocycles. The minimum atomic E-state index is -3.73. The van der Waals surface area contributed by atoms with Gasteiger partial charge in [-0.1, -0.05) is 0 Å². The molecular formula is C15H21N3O4S. The number of hydrogen-bond donors (Lipinski definition) is 2. The van der Waals surface area contributed by atoms with Crippen LogP contribution in [0.1, 0.15) is 18.4 Å². The maximum absolute atomic E-state index is 12.5. The summed E-state index contributed by atoms with van der Waals surface area (Å²) in [6.07, 6.45) is 1.93. The highest BCUT2D eigenvalue weighted by atomic mass is 32.2. The van der Waals surface area contributed by atoms with Gasteiger partial charge in [0.05, 0.1) is 17.5 Å². The van der Waals surface area contributed by atoms with E-state index < -0.39 is 10.0 Å². The van der Waals surface area contributed by atoms with Crippen molar-refractivity contribution in [2.45, 2.75) is 30.3 Å². The van der Waals surface area contributed by atoms with Crippen molar-refractivity contribution in [3.8, 4) is 0 Å². The number of β-amino-alcohol motifs (C(OH)–C–C–N with tert-alkyl or cyclic N) is 1. The largest absolute Gasteiger partial charge is 0.392 e. The molecule has 3 N–H and O–H groups in total. The van der Waals surface area contributed by atoms with Crippen molar-refractivity contribution in [2.24, 2.45) is 5.14 Å². The molecule has 2 heterocycles. The van der Waals surface area contributed by atoms with Gasteiger partial charge < -0.3 is 10.0 Å². The summed E-state index contributed by atoms with van der Waals surface area (Å²) in [4.78, 5) is 16.2. The third-order valence-electron chi connectivity index (χ3n) is 4.42. The molecule has 0 radical (unpaired) electrons. The van der Waals surface area contributed by atoms with Gasteiger partial charge in [0.25, 0.3) is 0 Å². The molecule has 1 fully saturated rings. The number of fused-ring (bicyclic) bond motifs is 1. The number of rotatable bonds is 3. The van der Waals surface area contributed by atoms with E-state index in [0.717, 1.165) is 30.6 Å². The SMILES string of the molecule is NS(=O)(=O)c1ccc2c(c1)CCN2C(=O)CN1CCCC(O)C1. The van der Waals surface area contributed by atoms with Crippen molar-refractivity contribution in [1.29, 1.82) is 0 Å². The standard InChI is InChI=1S/C15H21N3O4S/c16-23(21,22)13-3-4-14-11(8-13)5-7-18(14)15(20)10-17-6-1-2-12(19)9-17/h3-4,8,12,19H,1-2,5-7,9-10H2,(H2,16,21,22). The number of carbonyl (C=O) groups excluding carboxylic acids is 1. The molecule has 2 aliphatic heterocycles. The van der Waals surface area contributed by atoms with E-state index in [1.807, 2.05) is 4.90 Å². The van der Waals surface area contributed by atoms with E-state index in [2.05, 4.69) is 0 Å². The van der Waals surface area contributed by atoms with E-state index in [1.165, 1.54) is 6.07 Å². The average molecular weight is 339 g/mol. The summed E-state index contributed by atoms with van der Waals surface area (Å²) in [6, 6.07) is 4.62. The first-order chi connectivity index (χ1) is 10.8. The quantitative estimate of drug-likeness (QED) is 0.785. The first-order valence-corrected chi connectivity index (χ1v) is 9.26. The molecule has 1 saturated heterocycles. The van der Waals surface area contributed by atoms with Gasteiger partial charge in [0.2, 0.25) is 15.9 Å². The monoisotopic (exact) mass is 339 g/mol. The first kappa shape index (κ1) is 16.4. The van der Waals surface area contributed by atoms with Gasteiger partial charge in [-0.3, -0.25) is 9.69 Å². The number of amides is 1. The molecule has 0 saturated carbocycles. The van der Waals surface area contributed by atoms with E-state index in [-0.39, 0.29) is 23.5 Å². The van der Waals surface area contributed by atoms with Gasteiger partial charge in [0.1, 0.15) is 0 Å². The molecule has 1 unspecified atom stereocenters. The maximum Gasteiger partial charge on any atom is 0.241 e. The summed E-state index contributed by atoms with van der Waals surface area (Å²) >= 11 is 0. The summed E-state index contributed by atoms with van der Waals surface area (Å²) in [5.41, 5.74) is 1.57. The molecule has 126 valence electrons. The van der Waals surface area contributed by atoms with Gasteiger partial charge in [-0.05, 0) is 49.6 Å². The number of likely N-dealkylation sites (tertiary alicyclic amines) is 1. The van der Waals surface area contributed by atoms with Crippen molar-refractivity contribution < 1.29 is 18.3 Å². The normalized spacial score (nSPS) is 22.2. The topological polar surface area (TPSA) is 104 Å². The highest BCUT2D eigenvalue weighted by Crippen LogP contribution is 2.30. The van der Waals surface area contributed by atoms with Gasteiger partial charge in [0, 0.05) is 18.8 Å². The van der Waals surface area contributed by atoms with Gasteiger partial charge >= 0.3 is 0 Å². The van der Waals surface area contributed by atoms with Crippen molar-refractivity contribution in [3.63, 3.8) is 0 Å². The zero-order valence-corrected chi connectivity index (χ0v) is 13.6. The molecule has 1 atom stereocenters. The highest BCUT2D eigenvalue weighted by Gasteiger charge is 2.28. The lowest BCUT2D eigenvalue weighted by Gasteiger charge is -2.30. The Kier molecular flexibility index (Phi) is 4.41. The predicted octanol–water partition coefficient (Wildman–Crippen LogP) is -0.320. The molecule has 1 amide bonds. The summed E-state index contributed by atoms with van der Waals surface area (Å²) in [5.74, 6) is -0.0267. The minimum Gasteiger partial charge on any atom is -0.392 e. The molecule has 0 aliphatic carbocycles. The van der Waals surface area contributed by atoms with Crippen LogP contribution in [0.5, 0.6) is 0 Å². The average Bonchev–Trinajstić information content (AvgIpc) is 2.89. The van der Waals surface area contributed by atoms with Gasteiger partial charge in [-0.25, -0.2) is 13.6 Å². The Bertz CT molecular complexity index is 719. The van der Waals surface area contributed by atoms with Gasteiger partial charge in [0.15, 0.2) is 0 Å². The Morgan fingerprint density at radius 1 is 1.35 bits per heavy atom. The van der Waals surface area contributed by atoms with Crippen molar-refractivity contribution in [2.75, 3.05) is 31.1 Å². The zero-order chi connectivity index (χ0) is 16.6. The van der Waals surface area contributed by atoms with Crippen LogP contribution in [0.15, 0.2) is 23.1 Å². The van der Waals surface area contributed by atoms with Crippen LogP contribution in [0.3, 0.4) is 0 Å². The summed E-state index contributed by atoms with van der Waals surface area (Å²) < 4.78 is 22.8. The molecular weight excluding hydrogens is 318 g/mol. The fourth-order valence-electron chi connectivity index (χ4n) is 3.27. The number of benzene rings is 1. The molecule has 0 spiro atoms. The summed E-state index contributed by atoms with van der Waals surface area (Å²) in [7, 11) is -3.73. The molecule has 3 rings (SSSR count). The van der Waals surface area contributed by atoms with Gasteiger partial charge in [-0.15, -0.1) is 0 Å². The zero-order valence-electron chi connectivity index (χ0n) is 12.8. The number of primary sulfonamides is 1. The lowest BCUT2D eigenvalue weighted by atomic mass is 10.1. The minimum absolute atomic E-state index is 0.0267. The summed E-state index contributed by atoms with van der Waals surface area (Å²) in [5, 5.41) is 14.8. The molecule has 1 aromatic rings. The third-order valence-corrected chi connectivity index (χ3v) is 5.33. The van der Waals surface area contributed by atoms with E-state index in [1.54, 1.807) is 17.0 Å². The fraction of sp³-hybridized carbons (Fsp3) is 0.533. The molecule has 0 bridgehead atoms.